The van der Waals surface area contributed by atoms with Crippen LogP contribution in [0.5, 0.6) is 5.75 Å². The standard InChI is InChI=1S/C15H20N2OS/c1-9-7-12(10(2)11(3)15(9)18-4)13-8-19-14(17-13)5-6-16/h7-8H,5-6,16H2,1-4H3. The number of rotatable bonds is 4. The molecule has 0 saturated carbocycles. The molecule has 0 unspecified atom stereocenters. The number of aryl methyl sites for hydroxylation is 1. The number of aromatic nitrogens is 1. The minimum absolute atomic E-state index is 0.645. The van der Waals surface area contributed by atoms with Gasteiger partial charge in [0.25, 0.3) is 0 Å². The van der Waals surface area contributed by atoms with Crippen LogP contribution in [-0.4, -0.2) is 18.6 Å². The Balaban J connectivity index is 2.50. The van der Waals surface area contributed by atoms with Crippen molar-refractivity contribution in [2.75, 3.05) is 13.7 Å². The smallest absolute Gasteiger partial charge is 0.124 e. The average Bonchev–Trinajstić information content (AvgIpc) is 2.83. The van der Waals surface area contributed by atoms with Crippen LogP contribution in [0.1, 0.15) is 21.7 Å². The molecule has 0 radical (unpaired) electrons. The number of hydrogen-bond acceptors (Lipinski definition) is 4. The maximum Gasteiger partial charge on any atom is 0.124 e. The van der Waals surface area contributed by atoms with Gasteiger partial charge in [-0.2, -0.15) is 0 Å². The van der Waals surface area contributed by atoms with Crippen molar-refractivity contribution in [1.29, 1.82) is 0 Å². The molecule has 0 bridgehead atoms. The topological polar surface area (TPSA) is 48.1 Å². The van der Waals surface area contributed by atoms with Crippen molar-refractivity contribution in [3.63, 3.8) is 0 Å². The molecule has 102 valence electrons. The summed E-state index contributed by atoms with van der Waals surface area (Å²) in [6.45, 7) is 6.93. The van der Waals surface area contributed by atoms with Crippen molar-refractivity contribution in [2.24, 2.45) is 5.73 Å². The molecule has 1 aromatic carbocycles. The van der Waals surface area contributed by atoms with Crippen LogP contribution in [0, 0.1) is 20.8 Å². The number of nitrogens with two attached hydrogens (primary N) is 1. The van der Waals surface area contributed by atoms with E-state index < -0.39 is 0 Å². The molecule has 1 heterocycles. The predicted octanol–water partition coefficient (Wildman–Crippen LogP) is 3.25. The van der Waals surface area contributed by atoms with Crippen molar-refractivity contribution >= 4 is 11.3 Å². The third-order valence-corrected chi connectivity index (χ3v) is 4.32. The number of ether oxygens (including phenoxy) is 1. The van der Waals surface area contributed by atoms with Gasteiger partial charge in [-0.15, -0.1) is 11.3 Å². The van der Waals surface area contributed by atoms with Gasteiger partial charge in [0.15, 0.2) is 0 Å². The highest BCUT2D eigenvalue weighted by Gasteiger charge is 2.14. The monoisotopic (exact) mass is 276 g/mol. The molecular formula is C15H20N2OS. The lowest BCUT2D eigenvalue weighted by atomic mass is 9.97. The Bertz CT molecular complexity index is 590. The van der Waals surface area contributed by atoms with Gasteiger partial charge in [0, 0.05) is 17.4 Å². The number of methoxy groups -OCH3 is 1. The van der Waals surface area contributed by atoms with Crippen LogP contribution >= 0.6 is 11.3 Å². The summed E-state index contributed by atoms with van der Waals surface area (Å²) in [5, 5.41) is 3.21. The summed E-state index contributed by atoms with van der Waals surface area (Å²) in [4.78, 5) is 4.67. The van der Waals surface area contributed by atoms with E-state index in [1.165, 1.54) is 16.7 Å². The highest BCUT2D eigenvalue weighted by molar-refractivity contribution is 7.09. The fraction of sp³-hybridized carbons (Fsp3) is 0.400. The van der Waals surface area contributed by atoms with Crippen LogP contribution in [0.4, 0.5) is 0 Å². The maximum atomic E-state index is 5.57. The van der Waals surface area contributed by atoms with Gasteiger partial charge >= 0.3 is 0 Å². The van der Waals surface area contributed by atoms with Crippen LogP contribution in [0.3, 0.4) is 0 Å². The summed E-state index contributed by atoms with van der Waals surface area (Å²) in [7, 11) is 1.72. The van der Waals surface area contributed by atoms with Crippen LogP contribution in [-0.2, 0) is 6.42 Å². The third-order valence-electron chi connectivity index (χ3n) is 3.42. The highest BCUT2D eigenvalue weighted by atomic mass is 32.1. The number of nitrogens with zero attached hydrogens (tertiary/aromatic N) is 1. The predicted molar refractivity (Wildman–Crippen MR) is 81.1 cm³/mol. The van der Waals surface area contributed by atoms with Gasteiger partial charge in [0.2, 0.25) is 0 Å². The van der Waals surface area contributed by atoms with Gasteiger partial charge in [-0.3, -0.25) is 0 Å². The molecule has 0 fully saturated rings. The van der Waals surface area contributed by atoms with Crippen LogP contribution in [0.15, 0.2) is 11.4 Å². The molecule has 0 aliphatic rings. The summed E-state index contributed by atoms with van der Waals surface area (Å²) in [5.41, 5.74) is 11.4. The lowest BCUT2D eigenvalue weighted by Crippen LogP contribution is -2.02. The molecule has 0 saturated heterocycles. The summed E-state index contributed by atoms with van der Waals surface area (Å²) < 4.78 is 5.46. The maximum absolute atomic E-state index is 5.57. The van der Waals surface area contributed by atoms with E-state index in [4.69, 9.17) is 10.5 Å². The fourth-order valence-electron chi connectivity index (χ4n) is 2.31. The zero-order valence-electron chi connectivity index (χ0n) is 11.9. The molecule has 2 aromatic rings. The van der Waals surface area contributed by atoms with Gasteiger partial charge < -0.3 is 10.5 Å². The van der Waals surface area contributed by atoms with Crippen molar-refractivity contribution in [3.8, 4) is 17.0 Å². The SMILES string of the molecule is COc1c(C)cc(-c2csc(CCN)n2)c(C)c1C. The van der Waals surface area contributed by atoms with Crippen LogP contribution in [0.2, 0.25) is 0 Å². The Labute approximate surface area is 118 Å². The van der Waals surface area contributed by atoms with E-state index in [1.807, 2.05) is 0 Å². The van der Waals surface area contributed by atoms with Crippen LogP contribution in [0.25, 0.3) is 11.3 Å². The van der Waals surface area contributed by atoms with Gasteiger partial charge in [-0.05, 0) is 50.1 Å². The van der Waals surface area contributed by atoms with Crippen molar-refractivity contribution in [2.45, 2.75) is 27.2 Å². The number of benzene rings is 1. The summed E-state index contributed by atoms with van der Waals surface area (Å²) >= 11 is 1.68. The molecule has 0 aliphatic carbocycles. The van der Waals surface area contributed by atoms with Gasteiger partial charge in [0.1, 0.15) is 5.75 Å². The zero-order valence-corrected chi connectivity index (χ0v) is 12.7. The Kier molecular flexibility index (Phi) is 4.22. The quantitative estimate of drug-likeness (QED) is 0.932. The van der Waals surface area contributed by atoms with E-state index in [9.17, 15) is 0 Å². The zero-order chi connectivity index (χ0) is 14.0. The van der Waals surface area contributed by atoms with E-state index in [2.05, 4.69) is 37.2 Å². The van der Waals surface area contributed by atoms with Gasteiger partial charge in [-0.1, -0.05) is 0 Å². The second kappa shape index (κ2) is 5.72. The van der Waals surface area contributed by atoms with E-state index in [0.29, 0.717) is 6.54 Å². The molecule has 19 heavy (non-hydrogen) atoms. The summed E-state index contributed by atoms with van der Waals surface area (Å²) in [6.07, 6.45) is 0.845. The first-order chi connectivity index (χ1) is 9.08. The summed E-state index contributed by atoms with van der Waals surface area (Å²) in [5.74, 6) is 0.971. The second-order valence-corrected chi connectivity index (χ2v) is 5.63. The summed E-state index contributed by atoms with van der Waals surface area (Å²) in [6, 6.07) is 2.16. The van der Waals surface area contributed by atoms with E-state index in [0.717, 1.165) is 28.4 Å². The molecule has 3 nitrogen and oxygen atoms in total. The van der Waals surface area contributed by atoms with Crippen molar-refractivity contribution < 1.29 is 4.74 Å². The molecule has 0 atom stereocenters. The van der Waals surface area contributed by atoms with E-state index in [1.54, 1.807) is 18.4 Å². The Hall–Kier alpha value is -1.39. The van der Waals surface area contributed by atoms with Gasteiger partial charge in [-0.25, -0.2) is 4.98 Å². The largest absolute Gasteiger partial charge is 0.496 e. The molecule has 2 rings (SSSR count). The first-order valence-electron chi connectivity index (χ1n) is 6.38. The number of hydrogen-bond donors (Lipinski definition) is 1. The Morgan fingerprint density at radius 1 is 1.26 bits per heavy atom. The van der Waals surface area contributed by atoms with E-state index >= 15 is 0 Å². The average molecular weight is 276 g/mol. The first kappa shape index (κ1) is 14.0. The van der Waals surface area contributed by atoms with Crippen molar-refractivity contribution in [1.82, 2.24) is 4.98 Å². The van der Waals surface area contributed by atoms with E-state index in [-0.39, 0.29) is 0 Å². The Morgan fingerprint density at radius 2 is 2.00 bits per heavy atom. The van der Waals surface area contributed by atoms with Crippen molar-refractivity contribution in [3.05, 3.63) is 33.1 Å². The molecule has 0 aliphatic heterocycles. The molecule has 0 spiro atoms. The molecule has 1 aromatic heterocycles. The Morgan fingerprint density at radius 3 is 2.63 bits per heavy atom. The lowest BCUT2D eigenvalue weighted by molar-refractivity contribution is 0.408. The lowest BCUT2D eigenvalue weighted by Gasteiger charge is -2.14. The van der Waals surface area contributed by atoms with Crippen LogP contribution < -0.4 is 10.5 Å². The normalized spacial score (nSPS) is 10.8. The third kappa shape index (κ3) is 2.65. The number of thiazole rings is 1. The highest BCUT2D eigenvalue weighted by Crippen LogP contribution is 2.34. The van der Waals surface area contributed by atoms with Gasteiger partial charge in [0.05, 0.1) is 17.8 Å². The molecule has 2 N–H and O–H groups in total. The first-order valence-corrected chi connectivity index (χ1v) is 7.26. The minimum atomic E-state index is 0.645. The fourth-order valence-corrected chi connectivity index (χ4v) is 3.13. The molecule has 0 amide bonds. The second-order valence-electron chi connectivity index (χ2n) is 4.69. The molecule has 4 heteroatoms. The molecular weight excluding hydrogens is 256 g/mol. The minimum Gasteiger partial charge on any atom is -0.496 e.